The number of furan rings is 1. The average Bonchev–Trinajstić information content (AvgIpc) is 3.25. The maximum atomic E-state index is 11.9. The third-order valence-corrected chi connectivity index (χ3v) is 4.21. The Kier molecular flexibility index (Phi) is 4.73. The molecule has 0 aliphatic rings. The van der Waals surface area contributed by atoms with Crippen molar-refractivity contribution in [3.8, 4) is 16.3 Å². The van der Waals surface area contributed by atoms with Crippen molar-refractivity contribution in [1.82, 2.24) is 10.3 Å². The van der Waals surface area contributed by atoms with E-state index in [1.807, 2.05) is 35.7 Å². The van der Waals surface area contributed by atoms with Gasteiger partial charge in [0.1, 0.15) is 16.5 Å². The third kappa shape index (κ3) is 3.98. The van der Waals surface area contributed by atoms with Crippen LogP contribution in [0.25, 0.3) is 10.6 Å². The van der Waals surface area contributed by atoms with Gasteiger partial charge in [0.2, 0.25) is 5.91 Å². The Morgan fingerprint density at radius 1 is 1.30 bits per heavy atom. The second-order valence-corrected chi connectivity index (χ2v) is 5.76. The molecule has 0 radical (unpaired) electrons. The van der Waals surface area contributed by atoms with E-state index < -0.39 is 0 Å². The molecule has 0 saturated carbocycles. The highest BCUT2D eigenvalue weighted by Crippen LogP contribution is 2.25. The largest absolute Gasteiger partial charge is 0.497 e. The lowest BCUT2D eigenvalue weighted by Gasteiger charge is -2.01. The standard InChI is InChI=1S/C17H16N2O3S/c1-21-14-6-4-12(5-7-14)17-19-13(11-23-17)9-16(20)18-10-15-3-2-8-22-15/h2-8,11H,9-10H2,1H3,(H,18,20). The molecule has 5 nitrogen and oxygen atoms in total. The van der Waals surface area contributed by atoms with E-state index >= 15 is 0 Å². The number of rotatable bonds is 6. The molecule has 6 heteroatoms. The van der Waals surface area contributed by atoms with Gasteiger partial charge in [-0.1, -0.05) is 0 Å². The summed E-state index contributed by atoms with van der Waals surface area (Å²) >= 11 is 1.52. The zero-order valence-electron chi connectivity index (χ0n) is 12.6. The van der Waals surface area contributed by atoms with Gasteiger partial charge in [-0.05, 0) is 36.4 Å². The first-order valence-electron chi connectivity index (χ1n) is 7.12. The molecule has 0 atom stereocenters. The lowest BCUT2D eigenvalue weighted by atomic mass is 10.2. The predicted octanol–water partition coefficient (Wildman–Crippen LogP) is 3.27. The number of carbonyl (C=O) groups excluding carboxylic acids is 1. The van der Waals surface area contributed by atoms with E-state index in [0.29, 0.717) is 6.54 Å². The first-order chi connectivity index (χ1) is 11.2. The van der Waals surface area contributed by atoms with E-state index in [1.165, 1.54) is 11.3 Å². The summed E-state index contributed by atoms with van der Waals surface area (Å²) in [6.07, 6.45) is 1.84. The minimum atomic E-state index is -0.0759. The van der Waals surface area contributed by atoms with E-state index in [1.54, 1.807) is 19.4 Å². The molecule has 3 rings (SSSR count). The SMILES string of the molecule is COc1ccc(-c2nc(CC(=O)NCc3ccco3)cs2)cc1. The quantitative estimate of drug-likeness (QED) is 0.754. The van der Waals surface area contributed by atoms with Crippen molar-refractivity contribution in [2.45, 2.75) is 13.0 Å². The molecule has 23 heavy (non-hydrogen) atoms. The number of carbonyl (C=O) groups is 1. The van der Waals surface area contributed by atoms with Gasteiger partial charge in [-0.2, -0.15) is 0 Å². The van der Waals surface area contributed by atoms with Crippen molar-refractivity contribution in [3.05, 3.63) is 59.5 Å². The van der Waals surface area contributed by atoms with Gasteiger partial charge in [-0.25, -0.2) is 4.98 Å². The fourth-order valence-corrected chi connectivity index (χ4v) is 2.91. The number of ether oxygens (including phenoxy) is 1. The Morgan fingerprint density at radius 2 is 2.13 bits per heavy atom. The molecule has 0 spiro atoms. The van der Waals surface area contributed by atoms with Crippen LogP contribution in [0.3, 0.4) is 0 Å². The fraction of sp³-hybridized carbons (Fsp3) is 0.176. The summed E-state index contributed by atoms with van der Waals surface area (Å²) in [4.78, 5) is 16.4. The number of aromatic nitrogens is 1. The van der Waals surface area contributed by atoms with E-state index in [9.17, 15) is 4.79 Å². The highest BCUT2D eigenvalue weighted by Gasteiger charge is 2.09. The zero-order valence-corrected chi connectivity index (χ0v) is 13.4. The number of amides is 1. The van der Waals surface area contributed by atoms with Crippen LogP contribution in [0.4, 0.5) is 0 Å². The van der Waals surface area contributed by atoms with Gasteiger partial charge >= 0.3 is 0 Å². The zero-order chi connectivity index (χ0) is 16.1. The number of thiazole rings is 1. The molecule has 1 N–H and O–H groups in total. The topological polar surface area (TPSA) is 64.4 Å². The molecule has 0 bridgehead atoms. The Labute approximate surface area is 137 Å². The molecule has 2 aromatic heterocycles. The number of nitrogens with zero attached hydrogens (tertiary/aromatic N) is 1. The molecule has 0 aliphatic heterocycles. The maximum Gasteiger partial charge on any atom is 0.226 e. The first-order valence-corrected chi connectivity index (χ1v) is 8.00. The minimum Gasteiger partial charge on any atom is -0.497 e. The Bertz CT molecular complexity index is 764. The molecule has 0 fully saturated rings. The summed E-state index contributed by atoms with van der Waals surface area (Å²) < 4.78 is 10.3. The molecule has 0 saturated heterocycles. The van der Waals surface area contributed by atoms with Crippen molar-refractivity contribution in [2.75, 3.05) is 7.11 Å². The second-order valence-electron chi connectivity index (χ2n) is 4.91. The van der Waals surface area contributed by atoms with Crippen LogP contribution in [0.1, 0.15) is 11.5 Å². The third-order valence-electron chi connectivity index (χ3n) is 3.27. The van der Waals surface area contributed by atoms with Crippen molar-refractivity contribution in [3.63, 3.8) is 0 Å². The van der Waals surface area contributed by atoms with Crippen LogP contribution >= 0.6 is 11.3 Å². The molecular weight excluding hydrogens is 312 g/mol. The highest BCUT2D eigenvalue weighted by molar-refractivity contribution is 7.13. The molecule has 3 aromatic rings. The maximum absolute atomic E-state index is 11.9. The van der Waals surface area contributed by atoms with Gasteiger partial charge in [0.05, 0.1) is 32.0 Å². The van der Waals surface area contributed by atoms with Crippen molar-refractivity contribution < 1.29 is 13.9 Å². The number of nitrogens with one attached hydrogen (secondary N) is 1. The Balaban J connectivity index is 1.58. The number of methoxy groups -OCH3 is 1. The minimum absolute atomic E-state index is 0.0759. The van der Waals surface area contributed by atoms with Crippen molar-refractivity contribution >= 4 is 17.2 Å². The van der Waals surface area contributed by atoms with Gasteiger partial charge in [0, 0.05) is 10.9 Å². The van der Waals surface area contributed by atoms with Crippen LogP contribution in [0, 0.1) is 0 Å². The van der Waals surface area contributed by atoms with Crippen molar-refractivity contribution in [2.24, 2.45) is 0 Å². The summed E-state index contributed by atoms with van der Waals surface area (Å²) in [5.74, 6) is 1.46. The van der Waals surface area contributed by atoms with E-state index in [2.05, 4.69) is 10.3 Å². The van der Waals surface area contributed by atoms with Crippen LogP contribution in [0.2, 0.25) is 0 Å². The van der Waals surface area contributed by atoms with Gasteiger partial charge < -0.3 is 14.5 Å². The smallest absolute Gasteiger partial charge is 0.226 e. The lowest BCUT2D eigenvalue weighted by molar-refractivity contribution is -0.120. The Hall–Kier alpha value is -2.60. The number of hydrogen-bond acceptors (Lipinski definition) is 5. The van der Waals surface area contributed by atoms with Crippen LogP contribution in [0.15, 0.2) is 52.5 Å². The van der Waals surface area contributed by atoms with Crippen LogP contribution in [-0.4, -0.2) is 18.0 Å². The molecule has 1 amide bonds. The molecule has 2 heterocycles. The average molecular weight is 328 g/mol. The van der Waals surface area contributed by atoms with E-state index in [-0.39, 0.29) is 12.3 Å². The predicted molar refractivity (Wildman–Crippen MR) is 88.4 cm³/mol. The fourth-order valence-electron chi connectivity index (χ4n) is 2.08. The normalized spacial score (nSPS) is 10.5. The number of benzene rings is 1. The summed E-state index contributed by atoms with van der Waals surface area (Å²) in [5, 5.41) is 5.61. The highest BCUT2D eigenvalue weighted by atomic mass is 32.1. The molecule has 0 unspecified atom stereocenters. The molecular formula is C17H16N2O3S. The summed E-state index contributed by atoms with van der Waals surface area (Å²) in [7, 11) is 1.64. The molecule has 0 aliphatic carbocycles. The summed E-state index contributed by atoms with van der Waals surface area (Å²) in [5.41, 5.74) is 1.77. The van der Waals surface area contributed by atoms with Crippen LogP contribution in [0.5, 0.6) is 5.75 Å². The van der Waals surface area contributed by atoms with E-state index in [4.69, 9.17) is 9.15 Å². The van der Waals surface area contributed by atoms with Gasteiger partial charge in [0.15, 0.2) is 0 Å². The number of hydrogen-bond donors (Lipinski definition) is 1. The van der Waals surface area contributed by atoms with Gasteiger partial charge in [0.25, 0.3) is 0 Å². The second kappa shape index (κ2) is 7.11. The van der Waals surface area contributed by atoms with Crippen LogP contribution < -0.4 is 10.1 Å². The molecule has 118 valence electrons. The monoisotopic (exact) mass is 328 g/mol. The van der Waals surface area contributed by atoms with Crippen LogP contribution in [-0.2, 0) is 17.8 Å². The molecule has 1 aromatic carbocycles. The summed E-state index contributed by atoms with van der Waals surface area (Å²) in [6, 6.07) is 11.3. The van der Waals surface area contributed by atoms with E-state index in [0.717, 1.165) is 27.8 Å². The van der Waals surface area contributed by atoms with Gasteiger partial charge in [-0.3, -0.25) is 4.79 Å². The first kappa shape index (κ1) is 15.3. The Morgan fingerprint density at radius 3 is 2.83 bits per heavy atom. The lowest BCUT2D eigenvalue weighted by Crippen LogP contribution is -2.24. The van der Waals surface area contributed by atoms with Gasteiger partial charge in [-0.15, -0.1) is 11.3 Å². The van der Waals surface area contributed by atoms with Crippen molar-refractivity contribution in [1.29, 1.82) is 0 Å². The summed E-state index contributed by atoms with van der Waals surface area (Å²) in [6.45, 7) is 0.390.